The summed E-state index contributed by atoms with van der Waals surface area (Å²) < 4.78 is 17.9. The van der Waals surface area contributed by atoms with Gasteiger partial charge < -0.3 is 9.84 Å². The lowest BCUT2D eigenvalue weighted by Crippen LogP contribution is -2.02. The molecule has 70 valence electrons. The third-order valence-corrected chi connectivity index (χ3v) is 1.80. The second-order valence-electron chi connectivity index (χ2n) is 2.56. The van der Waals surface area contributed by atoms with Crippen molar-refractivity contribution in [3.8, 4) is 5.75 Å². The van der Waals surface area contributed by atoms with Crippen LogP contribution in [-0.4, -0.2) is 18.2 Å². The maximum Gasteiger partial charge on any atom is 0.336 e. The number of ether oxygens (including phenoxy) is 1. The number of carboxylic acids is 1. The molecule has 3 nitrogen and oxygen atoms in total. The van der Waals surface area contributed by atoms with Crippen molar-refractivity contribution < 1.29 is 19.0 Å². The summed E-state index contributed by atoms with van der Waals surface area (Å²) in [5, 5.41) is 8.65. The molecule has 1 aromatic rings. The first-order valence-electron chi connectivity index (χ1n) is 3.64. The van der Waals surface area contributed by atoms with Gasteiger partial charge in [0.1, 0.15) is 0 Å². The minimum Gasteiger partial charge on any atom is -0.494 e. The summed E-state index contributed by atoms with van der Waals surface area (Å²) in [6, 6.07) is 2.62. The molecule has 0 aromatic heterocycles. The van der Waals surface area contributed by atoms with Crippen LogP contribution in [0.1, 0.15) is 15.9 Å². The lowest BCUT2D eigenvalue weighted by molar-refractivity contribution is 0.0695. The Kier molecular flexibility index (Phi) is 2.51. The van der Waals surface area contributed by atoms with E-state index >= 15 is 0 Å². The van der Waals surface area contributed by atoms with E-state index in [1.807, 2.05) is 0 Å². The molecule has 1 N–H and O–H groups in total. The monoisotopic (exact) mass is 184 g/mol. The fourth-order valence-electron chi connectivity index (χ4n) is 1.05. The number of halogens is 1. The molecule has 4 heteroatoms. The molecular formula is C9H9FO3. The van der Waals surface area contributed by atoms with Gasteiger partial charge in [0.05, 0.1) is 12.7 Å². The highest BCUT2D eigenvalue weighted by molar-refractivity contribution is 5.89. The topological polar surface area (TPSA) is 46.5 Å². The van der Waals surface area contributed by atoms with Crippen LogP contribution in [0, 0.1) is 12.7 Å². The number of benzene rings is 1. The summed E-state index contributed by atoms with van der Waals surface area (Å²) in [4.78, 5) is 10.6. The summed E-state index contributed by atoms with van der Waals surface area (Å²) in [6.07, 6.45) is 0. The van der Waals surface area contributed by atoms with E-state index in [0.29, 0.717) is 0 Å². The van der Waals surface area contributed by atoms with Crippen molar-refractivity contribution in [2.24, 2.45) is 0 Å². The number of carbonyl (C=O) groups is 1. The molecule has 0 bridgehead atoms. The molecule has 0 fully saturated rings. The number of aromatic carboxylic acids is 1. The van der Waals surface area contributed by atoms with Gasteiger partial charge in [-0.25, -0.2) is 9.18 Å². The van der Waals surface area contributed by atoms with Crippen molar-refractivity contribution in [2.75, 3.05) is 7.11 Å². The van der Waals surface area contributed by atoms with Crippen molar-refractivity contribution in [1.29, 1.82) is 0 Å². The Labute approximate surface area is 74.8 Å². The molecule has 0 amide bonds. The van der Waals surface area contributed by atoms with Gasteiger partial charge in [-0.15, -0.1) is 0 Å². The number of rotatable bonds is 2. The molecule has 0 atom stereocenters. The summed E-state index contributed by atoms with van der Waals surface area (Å²) in [5.74, 6) is -1.70. The Hall–Kier alpha value is -1.58. The van der Waals surface area contributed by atoms with Crippen LogP contribution in [0.15, 0.2) is 12.1 Å². The zero-order valence-corrected chi connectivity index (χ0v) is 7.30. The molecule has 0 unspecified atom stereocenters. The van der Waals surface area contributed by atoms with Crippen LogP contribution in [0.4, 0.5) is 4.39 Å². The zero-order valence-electron chi connectivity index (χ0n) is 7.30. The van der Waals surface area contributed by atoms with Crippen LogP contribution < -0.4 is 4.74 Å². The van der Waals surface area contributed by atoms with Crippen molar-refractivity contribution in [1.82, 2.24) is 0 Å². The van der Waals surface area contributed by atoms with Gasteiger partial charge in [-0.1, -0.05) is 0 Å². The molecule has 1 rings (SSSR count). The predicted octanol–water partition coefficient (Wildman–Crippen LogP) is 1.84. The molecule has 13 heavy (non-hydrogen) atoms. The van der Waals surface area contributed by atoms with Gasteiger partial charge in [0, 0.05) is 5.56 Å². The van der Waals surface area contributed by atoms with Gasteiger partial charge in [0.25, 0.3) is 0 Å². The average Bonchev–Trinajstić information content (AvgIpc) is 2.09. The van der Waals surface area contributed by atoms with Crippen LogP contribution >= 0.6 is 0 Å². The van der Waals surface area contributed by atoms with Crippen LogP contribution in [0.25, 0.3) is 0 Å². The first-order chi connectivity index (χ1) is 6.07. The summed E-state index contributed by atoms with van der Waals surface area (Å²) in [6.45, 7) is 1.40. The number of carboxylic acid groups (broad SMARTS) is 1. The van der Waals surface area contributed by atoms with E-state index in [9.17, 15) is 9.18 Å². The summed E-state index contributed by atoms with van der Waals surface area (Å²) in [7, 11) is 1.33. The van der Waals surface area contributed by atoms with E-state index in [-0.39, 0.29) is 16.9 Å². The third-order valence-electron chi connectivity index (χ3n) is 1.80. The van der Waals surface area contributed by atoms with E-state index in [2.05, 4.69) is 0 Å². The fourth-order valence-corrected chi connectivity index (χ4v) is 1.05. The first kappa shape index (κ1) is 9.51. The van der Waals surface area contributed by atoms with E-state index in [4.69, 9.17) is 9.84 Å². The van der Waals surface area contributed by atoms with Crippen LogP contribution in [0.2, 0.25) is 0 Å². The highest BCUT2D eigenvalue weighted by Gasteiger charge is 2.14. The quantitative estimate of drug-likeness (QED) is 0.762. The molecule has 0 aliphatic rings. The largest absolute Gasteiger partial charge is 0.494 e. The van der Waals surface area contributed by atoms with Gasteiger partial charge >= 0.3 is 5.97 Å². The minimum atomic E-state index is -1.14. The first-order valence-corrected chi connectivity index (χ1v) is 3.64. The molecular weight excluding hydrogens is 175 g/mol. The molecule has 0 saturated heterocycles. The minimum absolute atomic E-state index is 0.0432. The normalized spacial score (nSPS) is 9.77. The number of methoxy groups -OCH3 is 1. The SMILES string of the molecule is COc1ccc(C(=O)O)c(C)c1F. The van der Waals surface area contributed by atoms with E-state index in [1.165, 1.54) is 26.2 Å². The second kappa shape index (κ2) is 3.43. The Bertz CT molecular complexity index is 347. The highest BCUT2D eigenvalue weighted by Crippen LogP contribution is 2.22. The molecule has 0 aliphatic carbocycles. The van der Waals surface area contributed by atoms with Crippen molar-refractivity contribution >= 4 is 5.97 Å². The van der Waals surface area contributed by atoms with Gasteiger partial charge in [-0.2, -0.15) is 0 Å². The van der Waals surface area contributed by atoms with E-state index in [1.54, 1.807) is 0 Å². The molecule has 0 saturated carbocycles. The zero-order chi connectivity index (χ0) is 10.0. The van der Waals surface area contributed by atoms with E-state index in [0.717, 1.165) is 0 Å². The van der Waals surface area contributed by atoms with Crippen LogP contribution in [0.5, 0.6) is 5.75 Å². The molecule has 0 radical (unpaired) electrons. The van der Waals surface area contributed by atoms with Gasteiger partial charge in [0.2, 0.25) is 0 Å². The lowest BCUT2D eigenvalue weighted by Gasteiger charge is -2.06. The van der Waals surface area contributed by atoms with Gasteiger partial charge in [-0.3, -0.25) is 0 Å². The van der Waals surface area contributed by atoms with Gasteiger partial charge in [0.15, 0.2) is 11.6 Å². The summed E-state index contributed by atoms with van der Waals surface area (Å²) >= 11 is 0. The summed E-state index contributed by atoms with van der Waals surface area (Å²) in [5.41, 5.74) is 0.0464. The van der Waals surface area contributed by atoms with Crippen LogP contribution in [-0.2, 0) is 0 Å². The van der Waals surface area contributed by atoms with Gasteiger partial charge in [-0.05, 0) is 19.1 Å². The number of hydrogen-bond donors (Lipinski definition) is 1. The Balaban J connectivity index is 3.31. The highest BCUT2D eigenvalue weighted by atomic mass is 19.1. The smallest absolute Gasteiger partial charge is 0.336 e. The Morgan fingerprint density at radius 1 is 1.54 bits per heavy atom. The Morgan fingerprint density at radius 2 is 2.15 bits per heavy atom. The molecule has 0 spiro atoms. The molecule has 1 aromatic carbocycles. The maximum atomic E-state index is 13.2. The second-order valence-corrected chi connectivity index (χ2v) is 2.56. The lowest BCUT2D eigenvalue weighted by atomic mass is 10.1. The van der Waals surface area contributed by atoms with Crippen molar-refractivity contribution in [3.05, 3.63) is 29.1 Å². The van der Waals surface area contributed by atoms with Crippen molar-refractivity contribution in [3.63, 3.8) is 0 Å². The number of hydrogen-bond acceptors (Lipinski definition) is 2. The molecule has 0 heterocycles. The third kappa shape index (κ3) is 1.61. The fraction of sp³-hybridized carbons (Fsp3) is 0.222. The standard InChI is InChI=1S/C9H9FO3/c1-5-6(9(11)12)3-4-7(13-2)8(5)10/h3-4H,1-2H3,(H,11,12). The maximum absolute atomic E-state index is 13.2. The molecule has 0 aliphatic heterocycles. The Morgan fingerprint density at radius 3 is 2.62 bits per heavy atom. The average molecular weight is 184 g/mol. The van der Waals surface area contributed by atoms with Crippen LogP contribution in [0.3, 0.4) is 0 Å². The van der Waals surface area contributed by atoms with Crippen molar-refractivity contribution in [2.45, 2.75) is 6.92 Å². The van der Waals surface area contributed by atoms with E-state index < -0.39 is 11.8 Å². The predicted molar refractivity (Wildman–Crippen MR) is 44.6 cm³/mol.